The van der Waals surface area contributed by atoms with Gasteiger partial charge < -0.3 is 14.8 Å². The Hall–Kier alpha value is -3.52. The number of nitrogens with one attached hydrogen (secondary N) is 2. The molecule has 31 heavy (non-hydrogen) atoms. The van der Waals surface area contributed by atoms with Crippen LogP contribution in [-0.4, -0.2) is 21.1 Å². The average Bonchev–Trinajstić information content (AvgIpc) is 3.42. The molecule has 0 spiro atoms. The number of hydrogen-bond acceptors (Lipinski definition) is 5. The number of sulfonamides is 1. The molecule has 0 aromatic heterocycles. The molecule has 3 aromatic rings. The molecule has 8 heteroatoms. The van der Waals surface area contributed by atoms with Crippen LogP contribution in [0.4, 0.5) is 11.4 Å². The number of benzene rings is 3. The minimum Gasteiger partial charge on any atom is -0.454 e. The van der Waals surface area contributed by atoms with Gasteiger partial charge >= 0.3 is 0 Å². The molecule has 1 aliphatic carbocycles. The number of ether oxygens (including phenoxy) is 2. The van der Waals surface area contributed by atoms with Gasteiger partial charge in [0.05, 0.1) is 10.6 Å². The van der Waals surface area contributed by atoms with Crippen LogP contribution in [0.1, 0.15) is 27.9 Å². The lowest BCUT2D eigenvalue weighted by molar-refractivity contribution is 0.102. The van der Waals surface area contributed by atoms with Crippen molar-refractivity contribution in [2.24, 2.45) is 0 Å². The second-order valence-corrected chi connectivity index (χ2v) is 9.17. The molecule has 0 fully saturated rings. The first-order valence-electron chi connectivity index (χ1n) is 9.94. The number of fused-ring (bicyclic) bond motifs is 2. The van der Waals surface area contributed by atoms with Gasteiger partial charge in [0.25, 0.3) is 15.9 Å². The Balaban J connectivity index is 1.34. The van der Waals surface area contributed by atoms with E-state index < -0.39 is 10.0 Å². The third-order valence-electron chi connectivity index (χ3n) is 5.39. The summed E-state index contributed by atoms with van der Waals surface area (Å²) in [5.74, 6) is 0.675. The third-order valence-corrected chi connectivity index (χ3v) is 6.77. The van der Waals surface area contributed by atoms with Crippen LogP contribution in [0.5, 0.6) is 11.5 Å². The Morgan fingerprint density at radius 1 is 0.839 bits per heavy atom. The van der Waals surface area contributed by atoms with Crippen molar-refractivity contribution in [1.29, 1.82) is 0 Å². The lowest BCUT2D eigenvalue weighted by Gasteiger charge is -2.11. The van der Waals surface area contributed by atoms with Gasteiger partial charge in [-0.3, -0.25) is 9.52 Å². The van der Waals surface area contributed by atoms with Crippen molar-refractivity contribution in [3.8, 4) is 11.5 Å². The van der Waals surface area contributed by atoms with Crippen molar-refractivity contribution >= 4 is 27.3 Å². The molecule has 0 saturated carbocycles. The Bertz CT molecular complexity index is 1290. The normalized spacial score (nSPS) is 14.2. The average molecular weight is 436 g/mol. The number of carbonyl (C=O) groups is 1. The molecule has 0 bridgehead atoms. The molecule has 5 rings (SSSR count). The number of carbonyl (C=O) groups excluding carboxylic acids is 1. The highest BCUT2D eigenvalue weighted by Crippen LogP contribution is 2.35. The van der Waals surface area contributed by atoms with E-state index in [0.717, 1.165) is 19.3 Å². The molecule has 2 aliphatic rings. The fourth-order valence-electron chi connectivity index (χ4n) is 3.83. The standard InChI is InChI=1S/C23H20N2O5S/c26-23(24-18-8-7-15-3-1-4-16(15)11-18)17-5-2-6-20(12-17)31(27,28)25-19-9-10-21-22(13-19)30-14-29-21/h2,5-13,25H,1,3-4,14H2,(H,24,26). The molecule has 3 aromatic carbocycles. The minimum absolute atomic E-state index is 0.00762. The second kappa shape index (κ2) is 7.63. The van der Waals surface area contributed by atoms with Crippen molar-refractivity contribution in [1.82, 2.24) is 0 Å². The molecular weight excluding hydrogens is 416 g/mol. The monoisotopic (exact) mass is 436 g/mol. The first-order chi connectivity index (χ1) is 15.0. The molecule has 7 nitrogen and oxygen atoms in total. The molecule has 1 heterocycles. The van der Waals surface area contributed by atoms with Crippen LogP contribution in [-0.2, 0) is 22.9 Å². The van der Waals surface area contributed by atoms with E-state index in [4.69, 9.17) is 9.47 Å². The summed E-state index contributed by atoms with van der Waals surface area (Å²) in [7, 11) is -3.89. The van der Waals surface area contributed by atoms with Crippen LogP contribution >= 0.6 is 0 Å². The molecule has 0 unspecified atom stereocenters. The maximum atomic E-state index is 12.8. The summed E-state index contributed by atoms with van der Waals surface area (Å²) in [6.07, 6.45) is 3.21. The molecule has 0 radical (unpaired) electrons. The van der Waals surface area contributed by atoms with Gasteiger partial charge in [0.15, 0.2) is 11.5 Å². The first kappa shape index (κ1) is 19.4. The highest BCUT2D eigenvalue weighted by Gasteiger charge is 2.20. The van der Waals surface area contributed by atoms with Gasteiger partial charge in [-0.2, -0.15) is 0 Å². The maximum absolute atomic E-state index is 12.8. The maximum Gasteiger partial charge on any atom is 0.261 e. The van der Waals surface area contributed by atoms with E-state index in [-0.39, 0.29) is 23.2 Å². The predicted molar refractivity (Wildman–Crippen MR) is 116 cm³/mol. The lowest BCUT2D eigenvalue weighted by Crippen LogP contribution is -2.16. The summed E-state index contributed by atoms with van der Waals surface area (Å²) in [6, 6.07) is 16.6. The van der Waals surface area contributed by atoms with Crippen LogP contribution in [0.2, 0.25) is 0 Å². The molecule has 0 saturated heterocycles. The van der Waals surface area contributed by atoms with Crippen LogP contribution in [0.3, 0.4) is 0 Å². The van der Waals surface area contributed by atoms with Crippen LogP contribution < -0.4 is 19.5 Å². The van der Waals surface area contributed by atoms with Crippen molar-refractivity contribution in [2.45, 2.75) is 24.2 Å². The highest BCUT2D eigenvalue weighted by atomic mass is 32.2. The number of aryl methyl sites for hydroxylation is 2. The zero-order chi connectivity index (χ0) is 21.4. The number of anilines is 2. The van der Waals surface area contributed by atoms with Gasteiger partial charge in [-0.25, -0.2) is 8.42 Å². The van der Waals surface area contributed by atoms with E-state index in [9.17, 15) is 13.2 Å². The predicted octanol–water partition coefficient (Wildman–Crippen LogP) is 3.96. The first-order valence-corrected chi connectivity index (χ1v) is 11.4. The molecule has 158 valence electrons. The summed E-state index contributed by atoms with van der Waals surface area (Å²) < 4.78 is 38.7. The Morgan fingerprint density at radius 2 is 1.65 bits per heavy atom. The lowest BCUT2D eigenvalue weighted by atomic mass is 10.1. The van der Waals surface area contributed by atoms with Gasteiger partial charge in [0.2, 0.25) is 6.79 Å². The quantitative estimate of drug-likeness (QED) is 0.632. The SMILES string of the molecule is O=C(Nc1ccc2c(c1)CCC2)c1cccc(S(=O)(=O)Nc2ccc3c(c2)OCO3)c1. The van der Waals surface area contributed by atoms with E-state index in [1.807, 2.05) is 18.2 Å². The Morgan fingerprint density at radius 3 is 2.55 bits per heavy atom. The van der Waals surface area contributed by atoms with Crippen LogP contribution in [0, 0.1) is 0 Å². The zero-order valence-corrected chi connectivity index (χ0v) is 17.4. The van der Waals surface area contributed by atoms with E-state index in [1.54, 1.807) is 30.3 Å². The second-order valence-electron chi connectivity index (χ2n) is 7.49. The molecule has 1 amide bonds. The largest absolute Gasteiger partial charge is 0.454 e. The number of hydrogen-bond donors (Lipinski definition) is 2. The van der Waals surface area contributed by atoms with Crippen molar-refractivity contribution in [3.63, 3.8) is 0 Å². The Kier molecular flexibility index (Phi) is 4.78. The molecule has 0 atom stereocenters. The third kappa shape index (κ3) is 3.94. The van der Waals surface area contributed by atoms with Crippen LogP contribution in [0.25, 0.3) is 0 Å². The van der Waals surface area contributed by atoms with E-state index in [1.165, 1.54) is 23.3 Å². The van der Waals surface area contributed by atoms with Gasteiger partial charge in [-0.1, -0.05) is 12.1 Å². The molecule has 1 aliphatic heterocycles. The van der Waals surface area contributed by atoms with Crippen molar-refractivity contribution < 1.29 is 22.7 Å². The highest BCUT2D eigenvalue weighted by molar-refractivity contribution is 7.92. The summed E-state index contributed by atoms with van der Waals surface area (Å²) >= 11 is 0. The van der Waals surface area contributed by atoms with Crippen molar-refractivity contribution in [2.75, 3.05) is 16.8 Å². The van der Waals surface area contributed by atoms with Gasteiger partial charge in [-0.05, 0) is 72.9 Å². The minimum atomic E-state index is -3.89. The van der Waals surface area contributed by atoms with Gasteiger partial charge in [0.1, 0.15) is 0 Å². The van der Waals surface area contributed by atoms with Gasteiger partial charge in [-0.15, -0.1) is 0 Å². The van der Waals surface area contributed by atoms with E-state index in [2.05, 4.69) is 10.0 Å². The zero-order valence-electron chi connectivity index (χ0n) is 16.6. The fraction of sp³-hybridized carbons (Fsp3) is 0.174. The van der Waals surface area contributed by atoms with Crippen molar-refractivity contribution in [3.05, 3.63) is 77.4 Å². The number of amides is 1. The van der Waals surface area contributed by atoms with Gasteiger partial charge in [0, 0.05) is 17.3 Å². The summed E-state index contributed by atoms with van der Waals surface area (Å²) in [5, 5.41) is 2.86. The smallest absolute Gasteiger partial charge is 0.261 e. The fourth-order valence-corrected chi connectivity index (χ4v) is 4.93. The summed E-state index contributed by atoms with van der Waals surface area (Å²) in [4.78, 5) is 12.7. The summed E-state index contributed by atoms with van der Waals surface area (Å²) in [5.41, 5.74) is 3.88. The van der Waals surface area contributed by atoms with E-state index >= 15 is 0 Å². The topological polar surface area (TPSA) is 93.7 Å². The number of rotatable bonds is 5. The van der Waals surface area contributed by atoms with Crippen LogP contribution in [0.15, 0.2) is 65.6 Å². The van der Waals surface area contributed by atoms with E-state index in [0.29, 0.717) is 22.9 Å². The molecule has 2 N–H and O–H groups in total. The summed E-state index contributed by atoms with van der Waals surface area (Å²) in [6.45, 7) is 0.104. The molecular formula is C23H20N2O5S. The Labute approximate surface area is 180 Å².